The second kappa shape index (κ2) is 6.27. The molecule has 1 aromatic rings. The van der Waals surface area contributed by atoms with E-state index in [9.17, 15) is 13.2 Å². The van der Waals surface area contributed by atoms with Gasteiger partial charge in [-0.1, -0.05) is 0 Å². The van der Waals surface area contributed by atoms with Crippen molar-refractivity contribution in [1.82, 2.24) is 9.29 Å². The van der Waals surface area contributed by atoms with Crippen molar-refractivity contribution in [2.75, 3.05) is 49.7 Å². The zero-order valence-corrected chi connectivity index (χ0v) is 12.5. The molecular formula is C12H18N4O4S. The highest BCUT2D eigenvalue weighted by atomic mass is 32.2. The van der Waals surface area contributed by atoms with Crippen LogP contribution in [-0.4, -0.2) is 62.7 Å². The largest absolute Gasteiger partial charge is 0.468 e. The number of pyridine rings is 1. The summed E-state index contributed by atoms with van der Waals surface area (Å²) in [6, 6.07) is 3.55. The highest BCUT2D eigenvalue weighted by molar-refractivity contribution is 7.89. The van der Waals surface area contributed by atoms with Crippen molar-refractivity contribution in [3.05, 3.63) is 18.3 Å². The normalized spacial score (nSPS) is 16.7. The number of anilines is 2. The zero-order chi connectivity index (χ0) is 15.5. The van der Waals surface area contributed by atoms with E-state index in [4.69, 9.17) is 5.73 Å². The van der Waals surface area contributed by atoms with Gasteiger partial charge in [0.2, 0.25) is 10.0 Å². The molecule has 0 aromatic carbocycles. The van der Waals surface area contributed by atoms with Gasteiger partial charge in [0.05, 0.1) is 19.0 Å². The van der Waals surface area contributed by atoms with E-state index in [1.807, 2.05) is 11.0 Å². The van der Waals surface area contributed by atoms with Crippen molar-refractivity contribution in [3.8, 4) is 0 Å². The van der Waals surface area contributed by atoms with Crippen LogP contribution in [0.1, 0.15) is 0 Å². The van der Waals surface area contributed by atoms with E-state index >= 15 is 0 Å². The van der Waals surface area contributed by atoms with Crippen molar-refractivity contribution in [3.63, 3.8) is 0 Å². The number of rotatable bonds is 4. The zero-order valence-electron chi connectivity index (χ0n) is 11.7. The standard InChI is InChI=1S/C12H18N4O4S/c1-20-12(17)9-21(18,19)16-6-4-15(5-7-16)10-2-3-11(13)14-8-10/h2-3,8H,4-7,9H2,1H3,(H2,13,14). The lowest BCUT2D eigenvalue weighted by molar-refractivity contribution is -0.137. The highest BCUT2D eigenvalue weighted by Gasteiger charge is 2.29. The van der Waals surface area contributed by atoms with Gasteiger partial charge in [0.25, 0.3) is 0 Å². The van der Waals surface area contributed by atoms with Gasteiger partial charge in [-0.2, -0.15) is 4.31 Å². The molecule has 8 nitrogen and oxygen atoms in total. The molecular weight excluding hydrogens is 296 g/mol. The Bertz CT molecular complexity index is 594. The van der Waals surface area contributed by atoms with Crippen LogP contribution in [0.3, 0.4) is 0 Å². The molecule has 2 heterocycles. The molecule has 2 N–H and O–H groups in total. The summed E-state index contributed by atoms with van der Waals surface area (Å²) in [7, 11) is -2.44. The summed E-state index contributed by atoms with van der Waals surface area (Å²) in [5, 5.41) is 0. The summed E-state index contributed by atoms with van der Waals surface area (Å²) in [6.45, 7) is 1.71. The van der Waals surface area contributed by atoms with Crippen molar-refractivity contribution >= 4 is 27.5 Å². The number of hydrogen-bond acceptors (Lipinski definition) is 7. The van der Waals surface area contributed by atoms with Gasteiger partial charge >= 0.3 is 5.97 Å². The molecule has 0 aliphatic carbocycles. The van der Waals surface area contributed by atoms with E-state index in [-0.39, 0.29) is 0 Å². The predicted molar refractivity (Wildman–Crippen MR) is 78.2 cm³/mol. The number of methoxy groups -OCH3 is 1. The van der Waals surface area contributed by atoms with E-state index in [0.29, 0.717) is 32.0 Å². The topological polar surface area (TPSA) is 106 Å². The smallest absolute Gasteiger partial charge is 0.322 e. The molecule has 0 bridgehead atoms. The number of piperazine rings is 1. The lowest BCUT2D eigenvalue weighted by atomic mass is 10.3. The predicted octanol–water partition coefficient (Wildman–Crippen LogP) is -0.711. The minimum Gasteiger partial charge on any atom is -0.468 e. The van der Waals surface area contributed by atoms with Gasteiger partial charge in [-0.25, -0.2) is 13.4 Å². The molecule has 2 rings (SSSR count). The van der Waals surface area contributed by atoms with Crippen LogP contribution < -0.4 is 10.6 Å². The molecule has 0 saturated carbocycles. The van der Waals surface area contributed by atoms with E-state index < -0.39 is 21.7 Å². The molecule has 0 amide bonds. The quantitative estimate of drug-likeness (QED) is 0.732. The third-order valence-electron chi connectivity index (χ3n) is 3.30. The van der Waals surface area contributed by atoms with Gasteiger partial charge in [-0.15, -0.1) is 0 Å². The SMILES string of the molecule is COC(=O)CS(=O)(=O)N1CCN(c2ccc(N)nc2)CC1. The number of carbonyl (C=O) groups excluding carboxylic acids is 1. The van der Waals surface area contributed by atoms with Crippen molar-refractivity contribution in [2.45, 2.75) is 0 Å². The first-order valence-corrected chi connectivity index (χ1v) is 8.04. The van der Waals surface area contributed by atoms with Crippen LogP contribution in [0.5, 0.6) is 0 Å². The Labute approximate surface area is 123 Å². The van der Waals surface area contributed by atoms with Crippen molar-refractivity contribution in [1.29, 1.82) is 0 Å². The highest BCUT2D eigenvalue weighted by Crippen LogP contribution is 2.17. The molecule has 1 aliphatic heterocycles. The number of nitrogen functional groups attached to an aromatic ring is 1. The minimum atomic E-state index is -3.61. The number of hydrogen-bond donors (Lipinski definition) is 1. The summed E-state index contributed by atoms with van der Waals surface area (Å²) >= 11 is 0. The molecule has 1 fully saturated rings. The first kappa shape index (κ1) is 15.5. The molecule has 1 aliphatic rings. The number of aromatic nitrogens is 1. The van der Waals surface area contributed by atoms with Crippen LogP contribution in [0, 0.1) is 0 Å². The fourth-order valence-corrected chi connectivity index (χ4v) is 3.43. The monoisotopic (exact) mass is 314 g/mol. The number of nitrogens with two attached hydrogens (primary N) is 1. The summed E-state index contributed by atoms with van der Waals surface area (Å²) in [5.41, 5.74) is 6.43. The number of ether oxygens (including phenoxy) is 1. The molecule has 1 aromatic heterocycles. The fourth-order valence-electron chi connectivity index (χ4n) is 2.11. The minimum absolute atomic E-state index is 0.323. The van der Waals surface area contributed by atoms with Gasteiger partial charge in [-0.05, 0) is 12.1 Å². The maximum absolute atomic E-state index is 12.0. The van der Waals surface area contributed by atoms with Crippen LogP contribution in [0.2, 0.25) is 0 Å². The van der Waals surface area contributed by atoms with Crippen LogP contribution in [-0.2, 0) is 19.6 Å². The van der Waals surface area contributed by atoms with Gasteiger partial charge in [0.15, 0.2) is 5.75 Å². The summed E-state index contributed by atoms with van der Waals surface area (Å²) in [6.07, 6.45) is 1.66. The van der Waals surface area contributed by atoms with Crippen molar-refractivity contribution in [2.24, 2.45) is 0 Å². The summed E-state index contributed by atoms with van der Waals surface area (Å²) in [4.78, 5) is 17.2. The van der Waals surface area contributed by atoms with E-state index in [0.717, 1.165) is 5.69 Å². The second-order valence-electron chi connectivity index (χ2n) is 4.66. The Balaban J connectivity index is 1.97. The number of sulfonamides is 1. The first-order chi connectivity index (χ1) is 9.92. The Hall–Kier alpha value is -1.87. The van der Waals surface area contributed by atoms with Gasteiger partial charge < -0.3 is 15.4 Å². The lowest BCUT2D eigenvalue weighted by Crippen LogP contribution is -2.50. The van der Waals surface area contributed by atoms with E-state index in [1.54, 1.807) is 12.3 Å². The van der Waals surface area contributed by atoms with Crippen LogP contribution in [0.15, 0.2) is 18.3 Å². The fraction of sp³-hybridized carbons (Fsp3) is 0.500. The average Bonchev–Trinajstić information content (AvgIpc) is 2.47. The van der Waals surface area contributed by atoms with Crippen LogP contribution in [0.25, 0.3) is 0 Å². The summed E-state index contributed by atoms with van der Waals surface area (Å²) < 4.78 is 29.8. The number of carbonyl (C=O) groups is 1. The molecule has 0 unspecified atom stereocenters. The molecule has 0 spiro atoms. The number of esters is 1. The lowest BCUT2D eigenvalue weighted by Gasteiger charge is -2.35. The molecule has 1 saturated heterocycles. The number of nitrogens with zero attached hydrogens (tertiary/aromatic N) is 3. The average molecular weight is 314 g/mol. The van der Waals surface area contributed by atoms with Crippen LogP contribution >= 0.6 is 0 Å². The third kappa shape index (κ3) is 3.82. The molecule has 0 atom stereocenters. The summed E-state index contributed by atoms with van der Waals surface area (Å²) in [5.74, 6) is -0.925. The Morgan fingerprint density at radius 2 is 2.00 bits per heavy atom. The maximum atomic E-state index is 12.0. The van der Waals surface area contributed by atoms with Crippen molar-refractivity contribution < 1.29 is 17.9 Å². The maximum Gasteiger partial charge on any atom is 0.322 e. The first-order valence-electron chi connectivity index (χ1n) is 6.43. The molecule has 9 heteroatoms. The third-order valence-corrected chi connectivity index (χ3v) is 5.05. The molecule has 116 valence electrons. The Kier molecular flexibility index (Phi) is 4.63. The van der Waals surface area contributed by atoms with Gasteiger partial charge in [0, 0.05) is 26.2 Å². The molecule has 0 radical (unpaired) electrons. The Morgan fingerprint density at radius 3 is 2.52 bits per heavy atom. The molecule has 21 heavy (non-hydrogen) atoms. The Morgan fingerprint density at radius 1 is 1.33 bits per heavy atom. The van der Waals surface area contributed by atoms with Gasteiger partial charge in [-0.3, -0.25) is 4.79 Å². The van der Waals surface area contributed by atoms with Gasteiger partial charge in [0.1, 0.15) is 5.82 Å². The van der Waals surface area contributed by atoms with E-state index in [2.05, 4.69) is 9.72 Å². The second-order valence-corrected chi connectivity index (χ2v) is 6.63. The van der Waals surface area contributed by atoms with Crippen LogP contribution in [0.4, 0.5) is 11.5 Å². The van der Waals surface area contributed by atoms with E-state index in [1.165, 1.54) is 11.4 Å².